The lowest BCUT2D eigenvalue weighted by Gasteiger charge is -2.27. The summed E-state index contributed by atoms with van der Waals surface area (Å²) >= 11 is 0. The number of hydrogen-bond donors (Lipinski definition) is 1. The normalized spacial score (nSPS) is 18.2. The van der Waals surface area contributed by atoms with Gasteiger partial charge in [-0.05, 0) is 24.5 Å². The summed E-state index contributed by atoms with van der Waals surface area (Å²) in [6.45, 7) is 4.68. The summed E-state index contributed by atoms with van der Waals surface area (Å²) in [6, 6.07) is 8.71. The number of nitrogens with zero attached hydrogens (tertiary/aromatic N) is 6. The molecule has 0 bridgehead atoms. The predicted molar refractivity (Wildman–Crippen MR) is 134 cm³/mol. The molecule has 0 radical (unpaired) electrons. The van der Waals surface area contributed by atoms with Crippen LogP contribution in [0, 0.1) is 5.92 Å². The van der Waals surface area contributed by atoms with Gasteiger partial charge in [0.05, 0.1) is 37.3 Å². The van der Waals surface area contributed by atoms with E-state index in [1.807, 2.05) is 9.80 Å². The monoisotopic (exact) mass is 515 g/mol. The number of para-hydroxylation sites is 2. The van der Waals surface area contributed by atoms with Crippen LogP contribution in [0.5, 0.6) is 0 Å². The number of hydrogen-bond acceptors (Lipinski definition) is 8. The van der Waals surface area contributed by atoms with E-state index in [-0.39, 0.29) is 17.6 Å². The fourth-order valence-electron chi connectivity index (χ4n) is 4.79. The number of rotatable bonds is 9. The Morgan fingerprint density at radius 3 is 2.78 bits per heavy atom. The number of morpholine rings is 1. The molecule has 0 spiro atoms. The summed E-state index contributed by atoms with van der Waals surface area (Å²) in [4.78, 5) is 29.7. The van der Waals surface area contributed by atoms with E-state index in [4.69, 9.17) is 14.5 Å². The Morgan fingerprint density at radius 2 is 2.00 bits per heavy atom. The third-order valence-electron chi connectivity index (χ3n) is 6.74. The van der Waals surface area contributed by atoms with E-state index in [1.54, 1.807) is 37.4 Å². The maximum Gasteiger partial charge on any atom is 0.296 e. The first-order valence-corrected chi connectivity index (χ1v) is 12.5. The van der Waals surface area contributed by atoms with Crippen LogP contribution in [-0.4, -0.2) is 90.0 Å². The minimum atomic E-state index is -2.77. The Labute approximate surface area is 213 Å². The van der Waals surface area contributed by atoms with Crippen LogP contribution in [0.2, 0.25) is 0 Å². The van der Waals surface area contributed by atoms with E-state index in [0.717, 1.165) is 6.42 Å². The molecular formula is C25H31F2N7O3. The zero-order valence-corrected chi connectivity index (χ0v) is 20.8. The maximum atomic E-state index is 14.0. The van der Waals surface area contributed by atoms with Crippen molar-refractivity contribution in [2.24, 2.45) is 5.92 Å². The first-order valence-electron chi connectivity index (χ1n) is 12.5. The van der Waals surface area contributed by atoms with Gasteiger partial charge in [-0.3, -0.25) is 9.36 Å². The fourth-order valence-corrected chi connectivity index (χ4v) is 4.79. The zero-order valence-electron chi connectivity index (χ0n) is 20.8. The molecule has 2 fully saturated rings. The number of halogens is 2. The molecule has 198 valence electrons. The van der Waals surface area contributed by atoms with Crippen molar-refractivity contribution in [1.82, 2.24) is 24.4 Å². The van der Waals surface area contributed by atoms with E-state index in [0.29, 0.717) is 87.6 Å². The molecule has 5 rings (SSSR count). The standard InChI is InChI=1S/C25H31F2N7O3/c1-36-11-7-22(35)33-8-6-17(16-33)15-28-20-14-21(31-25(30-20)32-9-12-37-13-10-32)34-19-5-3-2-4-18(19)29-24(34)23(26)27/h2-5,14,17,23H,6-13,15-16H2,1H3,(H,28,30,31)/t17-/m1/s1. The van der Waals surface area contributed by atoms with Gasteiger partial charge in [0.15, 0.2) is 5.82 Å². The number of alkyl halides is 2. The second-order valence-corrected chi connectivity index (χ2v) is 9.22. The first kappa shape index (κ1) is 25.3. The molecule has 1 atom stereocenters. The Balaban J connectivity index is 1.42. The number of imidazole rings is 1. The van der Waals surface area contributed by atoms with E-state index in [1.165, 1.54) is 4.57 Å². The van der Waals surface area contributed by atoms with Crippen LogP contribution in [0.15, 0.2) is 30.3 Å². The number of carbonyl (C=O) groups is 1. The molecule has 2 saturated heterocycles. The van der Waals surface area contributed by atoms with Crippen molar-refractivity contribution >= 4 is 28.7 Å². The number of nitrogens with one attached hydrogen (secondary N) is 1. The molecule has 12 heteroatoms. The highest BCUT2D eigenvalue weighted by Crippen LogP contribution is 2.29. The van der Waals surface area contributed by atoms with Crippen LogP contribution in [-0.2, 0) is 14.3 Å². The minimum absolute atomic E-state index is 0.0924. The van der Waals surface area contributed by atoms with Crippen LogP contribution in [0.1, 0.15) is 25.1 Å². The molecule has 1 N–H and O–H groups in total. The number of amides is 1. The minimum Gasteiger partial charge on any atom is -0.384 e. The fraction of sp³-hybridized carbons (Fsp3) is 0.520. The molecule has 10 nitrogen and oxygen atoms in total. The van der Waals surface area contributed by atoms with Crippen molar-refractivity contribution in [1.29, 1.82) is 0 Å². The number of benzene rings is 1. The van der Waals surface area contributed by atoms with E-state index in [2.05, 4.69) is 15.3 Å². The van der Waals surface area contributed by atoms with Gasteiger partial charge in [-0.15, -0.1) is 0 Å². The topological polar surface area (TPSA) is 97.6 Å². The molecule has 4 heterocycles. The number of likely N-dealkylation sites (tertiary alicyclic amines) is 1. The van der Waals surface area contributed by atoms with Crippen molar-refractivity contribution < 1.29 is 23.0 Å². The number of carbonyl (C=O) groups excluding carboxylic acids is 1. The van der Waals surface area contributed by atoms with Crippen LogP contribution >= 0.6 is 0 Å². The summed E-state index contributed by atoms with van der Waals surface area (Å²) in [7, 11) is 1.59. The maximum absolute atomic E-state index is 14.0. The number of anilines is 2. The molecule has 2 aliphatic heterocycles. The molecule has 0 saturated carbocycles. The van der Waals surface area contributed by atoms with Gasteiger partial charge in [0.25, 0.3) is 6.43 Å². The number of aromatic nitrogens is 4. The Morgan fingerprint density at radius 1 is 1.19 bits per heavy atom. The van der Waals surface area contributed by atoms with Crippen LogP contribution in [0.4, 0.5) is 20.5 Å². The highest BCUT2D eigenvalue weighted by atomic mass is 19.3. The Kier molecular flexibility index (Phi) is 7.75. The molecule has 2 aliphatic rings. The summed E-state index contributed by atoms with van der Waals surface area (Å²) in [5.74, 6) is 1.29. The molecular weight excluding hydrogens is 484 g/mol. The van der Waals surface area contributed by atoms with Gasteiger partial charge in [0.2, 0.25) is 11.9 Å². The van der Waals surface area contributed by atoms with E-state index < -0.39 is 6.43 Å². The molecule has 2 aromatic heterocycles. The van der Waals surface area contributed by atoms with Gasteiger partial charge in [-0.2, -0.15) is 9.97 Å². The summed E-state index contributed by atoms with van der Waals surface area (Å²) in [5.41, 5.74) is 1.03. The molecule has 1 aromatic carbocycles. The summed E-state index contributed by atoms with van der Waals surface area (Å²) in [5, 5.41) is 3.37. The second-order valence-electron chi connectivity index (χ2n) is 9.22. The largest absolute Gasteiger partial charge is 0.384 e. The third-order valence-corrected chi connectivity index (χ3v) is 6.74. The van der Waals surface area contributed by atoms with Crippen molar-refractivity contribution in [2.45, 2.75) is 19.3 Å². The zero-order chi connectivity index (χ0) is 25.8. The smallest absolute Gasteiger partial charge is 0.296 e. The van der Waals surface area contributed by atoms with Crippen molar-refractivity contribution in [3.8, 4) is 5.82 Å². The summed E-state index contributed by atoms with van der Waals surface area (Å²) in [6.07, 6.45) is -1.52. The lowest BCUT2D eigenvalue weighted by molar-refractivity contribution is -0.131. The average Bonchev–Trinajstić information content (AvgIpc) is 3.56. The molecule has 3 aromatic rings. The van der Waals surface area contributed by atoms with Crippen molar-refractivity contribution in [3.05, 3.63) is 36.2 Å². The van der Waals surface area contributed by atoms with Gasteiger partial charge in [0, 0.05) is 45.9 Å². The van der Waals surface area contributed by atoms with Gasteiger partial charge in [0.1, 0.15) is 11.6 Å². The third kappa shape index (κ3) is 5.64. The number of fused-ring (bicyclic) bond motifs is 1. The quantitative estimate of drug-likeness (QED) is 0.465. The molecule has 0 unspecified atom stereocenters. The molecule has 37 heavy (non-hydrogen) atoms. The van der Waals surface area contributed by atoms with Gasteiger partial charge in [-0.1, -0.05) is 12.1 Å². The summed E-state index contributed by atoms with van der Waals surface area (Å²) < 4.78 is 39.9. The van der Waals surface area contributed by atoms with Crippen molar-refractivity contribution in [2.75, 3.05) is 69.9 Å². The molecule has 1 amide bonds. The number of methoxy groups -OCH3 is 1. The highest BCUT2D eigenvalue weighted by molar-refractivity contribution is 5.78. The highest BCUT2D eigenvalue weighted by Gasteiger charge is 2.27. The van der Waals surface area contributed by atoms with Crippen LogP contribution < -0.4 is 10.2 Å². The second kappa shape index (κ2) is 11.3. The number of ether oxygens (including phenoxy) is 2. The van der Waals surface area contributed by atoms with Gasteiger partial charge >= 0.3 is 0 Å². The Bertz CT molecular complexity index is 1230. The van der Waals surface area contributed by atoms with Gasteiger partial charge < -0.3 is 24.6 Å². The average molecular weight is 516 g/mol. The van der Waals surface area contributed by atoms with Crippen molar-refractivity contribution in [3.63, 3.8) is 0 Å². The first-order chi connectivity index (χ1) is 18.0. The lowest BCUT2D eigenvalue weighted by atomic mass is 10.1. The molecule has 0 aliphatic carbocycles. The SMILES string of the molecule is COCCC(=O)N1CC[C@H](CNc2cc(-n3c(C(F)F)nc4ccccc43)nc(N3CCOCC3)n2)C1. The van der Waals surface area contributed by atoms with Crippen LogP contribution in [0.3, 0.4) is 0 Å². The van der Waals surface area contributed by atoms with E-state index >= 15 is 0 Å². The Hall–Kier alpha value is -3.38. The van der Waals surface area contributed by atoms with Crippen LogP contribution in [0.25, 0.3) is 16.9 Å². The van der Waals surface area contributed by atoms with Gasteiger partial charge in [-0.25, -0.2) is 13.8 Å². The van der Waals surface area contributed by atoms with E-state index in [9.17, 15) is 13.6 Å². The lowest BCUT2D eigenvalue weighted by Crippen LogP contribution is -2.37. The predicted octanol–water partition coefficient (Wildman–Crippen LogP) is 2.89.